The van der Waals surface area contributed by atoms with Crippen LogP contribution in [0.2, 0.25) is 0 Å². The molecular weight excluding hydrogens is 443 g/mol. The van der Waals surface area contributed by atoms with Crippen LogP contribution >= 0.6 is 11.3 Å². The Morgan fingerprint density at radius 2 is 1.79 bits per heavy atom. The second-order valence-electron chi connectivity index (χ2n) is 7.52. The highest BCUT2D eigenvalue weighted by Crippen LogP contribution is 2.33. The zero-order chi connectivity index (χ0) is 23.4. The summed E-state index contributed by atoms with van der Waals surface area (Å²) in [5.74, 6) is 0.764. The van der Waals surface area contributed by atoms with E-state index in [0.29, 0.717) is 43.4 Å². The van der Waals surface area contributed by atoms with Gasteiger partial charge in [0.1, 0.15) is 22.6 Å². The van der Waals surface area contributed by atoms with Gasteiger partial charge in [-0.15, -0.1) is 11.3 Å². The maximum Gasteiger partial charge on any atom is 0.273 e. The van der Waals surface area contributed by atoms with Gasteiger partial charge in [0, 0.05) is 37.1 Å². The SMILES string of the molecule is COc1ccc(-c2nc(C(=O)N3CCN(C(C#N)c4ccc(F)cc4)CC3)cs2)cc1OC. The van der Waals surface area contributed by atoms with Crippen molar-refractivity contribution in [3.63, 3.8) is 0 Å². The third-order valence-electron chi connectivity index (χ3n) is 5.63. The molecule has 9 heteroatoms. The minimum atomic E-state index is -0.473. The fraction of sp³-hybridized carbons (Fsp3) is 0.292. The number of piperazine rings is 1. The van der Waals surface area contributed by atoms with Crippen LogP contribution in [0.15, 0.2) is 47.8 Å². The van der Waals surface area contributed by atoms with Crippen LogP contribution in [0.25, 0.3) is 10.6 Å². The van der Waals surface area contributed by atoms with Crippen molar-refractivity contribution in [2.45, 2.75) is 6.04 Å². The van der Waals surface area contributed by atoms with Crippen LogP contribution in [-0.4, -0.2) is 61.1 Å². The lowest BCUT2D eigenvalue weighted by atomic mass is 10.1. The molecule has 2 aromatic carbocycles. The normalized spacial score (nSPS) is 15.0. The Bertz CT molecular complexity index is 1170. The van der Waals surface area contributed by atoms with Crippen LogP contribution in [0.4, 0.5) is 4.39 Å². The molecule has 1 atom stereocenters. The molecule has 0 radical (unpaired) electrons. The summed E-state index contributed by atoms with van der Waals surface area (Å²) in [6, 6.07) is 13.3. The average molecular weight is 467 g/mol. The summed E-state index contributed by atoms with van der Waals surface area (Å²) in [4.78, 5) is 21.3. The fourth-order valence-corrected chi connectivity index (χ4v) is 4.62. The molecule has 33 heavy (non-hydrogen) atoms. The monoisotopic (exact) mass is 466 g/mol. The zero-order valence-corrected chi connectivity index (χ0v) is 19.1. The molecule has 1 aliphatic heterocycles. The summed E-state index contributed by atoms with van der Waals surface area (Å²) in [7, 11) is 3.15. The molecule has 0 N–H and O–H groups in total. The van der Waals surface area contributed by atoms with E-state index >= 15 is 0 Å². The number of nitrogens with zero attached hydrogens (tertiary/aromatic N) is 4. The number of rotatable bonds is 6. The Kier molecular flexibility index (Phi) is 6.87. The first kappa shape index (κ1) is 22.7. The Morgan fingerprint density at radius 3 is 2.42 bits per heavy atom. The first-order valence-electron chi connectivity index (χ1n) is 10.4. The smallest absolute Gasteiger partial charge is 0.273 e. The van der Waals surface area contributed by atoms with E-state index in [4.69, 9.17) is 9.47 Å². The molecule has 1 aliphatic rings. The lowest BCUT2D eigenvalue weighted by molar-refractivity contribution is 0.0601. The number of benzene rings is 2. The molecule has 2 heterocycles. The van der Waals surface area contributed by atoms with Crippen LogP contribution in [0.3, 0.4) is 0 Å². The van der Waals surface area contributed by atoms with E-state index in [9.17, 15) is 14.4 Å². The van der Waals surface area contributed by atoms with Gasteiger partial charge in [0.15, 0.2) is 11.5 Å². The third-order valence-corrected chi connectivity index (χ3v) is 6.52. The van der Waals surface area contributed by atoms with Crippen molar-refractivity contribution < 1.29 is 18.7 Å². The number of carbonyl (C=O) groups excluding carboxylic acids is 1. The number of amides is 1. The van der Waals surface area contributed by atoms with Gasteiger partial charge >= 0.3 is 0 Å². The van der Waals surface area contributed by atoms with E-state index in [-0.39, 0.29) is 11.7 Å². The average Bonchev–Trinajstić information content (AvgIpc) is 3.35. The number of methoxy groups -OCH3 is 2. The number of carbonyl (C=O) groups is 1. The van der Waals surface area contributed by atoms with Gasteiger partial charge in [-0.05, 0) is 35.9 Å². The maximum atomic E-state index is 13.2. The Morgan fingerprint density at radius 1 is 1.09 bits per heavy atom. The number of hydrogen-bond donors (Lipinski definition) is 0. The molecule has 0 bridgehead atoms. The molecule has 3 aromatic rings. The van der Waals surface area contributed by atoms with Crippen molar-refractivity contribution >= 4 is 17.2 Å². The van der Waals surface area contributed by atoms with Crippen LogP contribution in [-0.2, 0) is 0 Å². The maximum absolute atomic E-state index is 13.2. The van der Waals surface area contributed by atoms with Gasteiger partial charge in [-0.25, -0.2) is 9.37 Å². The van der Waals surface area contributed by atoms with Crippen LogP contribution in [0.1, 0.15) is 22.1 Å². The summed E-state index contributed by atoms with van der Waals surface area (Å²) in [5, 5.41) is 12.1. The van der Waals surface area contributed by atoms with Crippen molar-refractivity contribution in [2.24, 2.45) is 0 Å². The van der Waals surface area contributed by atoms with Gasteiger partial charge < -0.3 is 14.4 Å². The second-order valence-corrected chi connectivity index (χ2v) is 8.38. The van der Waals surface area contributed by atoms with Crippen molar-refractivity contribution in [2.75, 3.05) is 40.4 Å². The molecule has 1 saturated heterocycles. The first-order chi connectivity index (χ1) is 16.0. The Hall–Kier alpha value is -3.48. The Balaban J connectivity index is 1.42. The number of halogens is 1. The third kappa shape index (κ3) is 4.82. The predicted octanol–water partition coefficient (Wildman–Crippen LogP) is 3.99. The van der Waals surface area contributed by atoms with Crippen molar-refractivity contribution in [3.05, 3.63) is 64.9 Å². The van der Waals surface area contributed by atoms with Gasteiger partial charge in [0.25, 0.3) is 5.91 Å². The standard InChI is InChI=1S/C24H23FN4O3S/c1-31-21-8-5-17(13-22(21)32-2)23-27-19(15-33-23)24(30)29-11-9-28(10-12-29)20(14-26)16-3-6-18(25)7-4-16/h3-8,13,15,20H,9-12H2,1-2H3. The molecule has 0 spiro atoms. The van der Waals surface area contributed by atoms with Gasteiger partial charge in [-0.2, -0.15) is 5.26 Å². The van der Waals surface area contributed by atoms with Gasteiger partial charge in [-0.1, -0.05) is 12.1 Å². The van der Waals surface area contributed by atoms with E-state index in [1.165, 1.54) is 23.5 Å². The molecule has 170 valence electrons. The Labute approximate surface area is 195 Å². The molecular formula is C24H23FN4O3S. The lowest BCUT2D eigenvalue weighted by Crippen LogP contribution is -2.49. The van der Waals surface area contributed by atoms with Gasteiger partial charge in [-0.3, -0.25) is 9.69 Å². The molecule has 0 saturated carbocycles. The zero-order valence-electron chi connectivity index (χ0n) is 18.3. The number of hydrogen-bond acceptors (Lipinski definition) is 7. The van der Waals surface area contributed by atoms with Crippen molar-refractivity contribution in [3.8, 4) is 28.1 Å². The largest absolute Gasteiger partial charge is 0.493 e. The van der Waals surface area contributed by atoms with E-state index in [2.05, 4.69) is 11.1 Å². The lowest BCUT2D eigenvalue weighted by Gasteiger charge is -2.36. The summed E-state index contributed by atoms with van der Waals surface area (Å²) in [6.07, 6.45) is 0. The fourth-order valence-electron chi connectivity index (χ4n) is 3.83. The van der Waals surface area contributed by atoms with E-state index in [0.717, 1.165) is 16.1 Å². The highest BCUT2D eigenvalue weighted by atomic mass is 32.1. The number of nitriles is 1. The van der Waals surface area contributed by atoms with Crippen LogP contribution in [0, 0.1) is 17.1 Å². The summed E-state index contributed by atoms with van der Waals surface area (Å²) in [6.45, 7) is 2.07. The van der Waals surface area contributed by atoms with Crippen molar-refractivity contribution in [1.82, 2.24) is 14.8 Å². The van der Waals surface area contributed by atoms with Gasteiger partial charge in [0.05, 0.1) is 20.3 Å². The molecule has 4 rings (SSSR count). The molecule has 1 amide bonds. The highest BCUT2D eigenvalue weighted by molar-refractivity contribution is 7.13. The number of thiazole rings is 1. The minimum absolute atomic E-state index is 0.132. The minimum Gasteiger partial charge on any atom is -0.493 e. The van der Waals surface area contributed by atoms with Crippen LogP contribution < -0.4 is 9.47 Å². The molecule has 1 aromatic heterocycles. The van der Waals surface area contributed by atoms with E-state index in [1.807, 2.05) is 23.1 Å². The molecule has 0 aliphatic carbocycles. The summed E-state index contributed by atoms with van der Waals surface area (Å²) >= 11 is 1.40. The first-order valence-corrected chi connectivity index (χ1v) is 11.3. The van der Waals surface area contributed by atoms with Crippen molar-refractivity contribution in [1.29, 1.82) is 5.26 Å². The molecule has 7 nitrogen and oxygen atoms in total. The quantitative estimate of drug-likeness (QED) is 0.547. The number of aromatic nitrogens is 1. The molecule has 1 unspecified atom stereocenters. The highest BCUT2D eigenvalue weighted by Gasteiger charge is 2.28. The predicted molar refractivity (Wildman–Crippen MR) is 123 cm³/mol. The van der Waals surface area contributed by atoms with E-state index < -0.39 is 6.04 Å². The second kappa shape index (κ2) is 9.98. The number of ether oxygens (including phenoxy) is 2. The topological polar surface area (TPSA) is 78.7 Å². The summed E-state index contributed by atoms with van der Waals surface area (Å²) < 4.78 is 23.9. The summed E-state index contributed by atoms with van der Waals surface area (Å²) in [5.41, 5.74) is 1.99. The molecule has 1 fully saturated rings. The van der Waals surface area contributed by atoms with Crippen LogP contribution in [0.5, 0.6) is 11.5 Å². The van der Waals surface area contributed by atoms with E-state index in [1.54, 1.807) is 36.6 Å². The van der Waals surface area contributed by atoms with Gasteiger partial charge in [0.2, 0.25) is 0 Å².